The standard InChI is InChI=1S/C52H33N3/c1-3-15-34(16-4-1)51-53-50(49-46-27-11-12-28-48(46)55(52(49)54-51)40-21-5-2-6-22-40)39-20-14-19-37(32-39)35-17-13-18-36(31-35)38-29-30-45-43-25-8-7-23-41(43)42-24-9-10-26-44(42)47(45)33-38/h1-33H. The molecule has 0 spiro atoms. The molecule has 2 heterocycles. The summed E-state index contributed by atoms with van der Waals surface area (Å²) in [6, 6.07) is 71.5. The minimum Gasteiger partial charge on any atom is -0.294 e. The molecule has 11 rings (SSSR count). The molecule has 0 bridgehead atoms. The summed E-state index contributed by atoms with van der Waals surface area (Å²) in [7, 11) is 0. The quantitative estimate of drug-likeness (QED) is 0.167. The molecule has 0 unspecified atom stereocenters. The Balaban J connectivity index is 1.08. The zero-order valence-corrected chi connectivity index (χ0v) is 29.9. The maximum absolute atomic E-state index is 5.35. The van der Waals surface area contributed by atoms with Crippen molar-refractivity contribution in [1.82, 2.24) is 14.5 Å². The summed E-state index contributed by atoms with van der Waals surface area (Å²) in [5.74, 6) is 0.701. The van der Waals surface area contributed by atoms with Crippen LogP contribution in [-0.2, 0) is 0 Å². The fourth-order valence-corrected chi connectivity index (χ4v) is 8.43. The van der Waals surface area contributed by atoms with E-state index in [0.717, 1.165) is 55.6 Å². The van der Waals surface area contributed by atoms with Crippen molar-refractivity contribution in [2.45, 2.75) is 0 Å². The van der Waals surface area contributed by atoms with Crippen molar-refractivity contribution in [2.75, 3.05) is 0 Å². The topological polar surface area (TPSA) is 30.7 Å². The van der Waals surface area contributed by atoms with Crippen molar-refractivity contribution in [3.05, 3.63) is 200 Å². The largest absolute Gasteiger partial charge is 0.294 e. The van der Waals surface area contributed by atoms with Gasteiger partial charge in [0.15, 0.2) is 5.82 Å². The Morgan fingerprint density at radius 1 is 0.309 bits per heavy atom. The first-order valence-corrected chi connectivity index (χ1v) is 18.7. The number of rotatable bonds is 5. The van der Waals surface area contributed by atoms with Crippen LogP contribution in [0.3, 0.4) is 0 Å². The molecule has 3 nitrogen and oxygen atoms in total. The molecule has 2 aromatic heterocycles. The summed E-state index contributed by atoms with van der Waals surface area (Å²) >= 11 is 0. The van der Waals surface area contributed by atoms with Crippen LogP contribution in [-0.4, -0.2) is 14.5 Å². The minimum atomic E-state index is 0.701. The first kappa shape index (κ1) is 31.2. The van der Waals surface area contributed by atoms with Gasteiger partial charge in [0.2, 0.25) is 0 Å². The number of benzene rings is 9. The summed E-state index contributed by atoms with van der Waals surface area (Å²) in [5.41, 5.74) is 10.7. The molecule has 0 amide bonds. The van der Waals surface area contributed by atoms with Gasteiger partial charge in [0.05, 0.1) is 16.6 Å². The van der Waals surface area contributed by atoms with Crippen LogP contribution >= 0.6 is 0 Å². The summed E-state index contributed by atoms with van der Waals surface area (Å²) in [4.78, 5) is 10.6. The third-order valence-electron chi connectivity index (χ3n) is 11.0. The molecule has 0 aliphatic rings. The molecule has 0 saturated heterocycles. The van der Waals surface area contributed by atoms with Crippen molar-refractivity contribution in [1.29, 1.82) is 0 Å². The van der Waals surface area contributed by atoms with E-state index in [2.05, 4.69) is 187 Å². The highest BCUT2D eigenvalue weighted by molar-refractivity contribution is 6.25. The second kappa shape index (κ2) is 12.6. The third-order valence-corrected chi connectivity index (χ3v) is 11.0. The first-order chi connectivity index (χ1) is 27.3. The lowest BCUT2D eigenvalue weighted by atomic mass is 9.91. The summed E-state index contributed by atoms with van der Waals surface area (Å²) < 4.78 is 2.27. The first-order valence-electron chi connectivity index (χ1n) is 18.7. The van der Waals surface area contributed by atoms with Crippen LogP contribution in [0.2, 0.25) is 0 Å². The van der Waals surface area contributed by atoms with E-state index < -0.39 is 0 Å². The minimum absolute atomic E-state index is 0.701. The average molecular weight is 700 g/mol. The van der Waals surface area contributed by atoms with E-state index in [9.17, 15) is 0 Å². The number of aromatic nitrogens is 3. The lowest BCUT2D eigenvalue weighted by Gasteiger charge is -2.13. The molecule has 256 valence electrons. The molecule has 0 N–H and O–H groups in total. The third kappa shape index (κ3) is 5.13. The van der Waals surface area contributed by atoms with Gasteiger partial charge in [-0.2, -0.15) is 0 Å². The molecule has 11 aromatic rings. The van der Waals surface area contributed by atoms with Crippen molar-refractivity contribution in [3.8, 4) is 50.6 Å². The second-order valence-electron chi connectivity index (χ2n) is 14.2. The van der Waals surface area contributed by atoms with Gasteiger partial charge in [-0.05, 0) is 91.0 Å². The SMILES string of the molecule is c1ccc(-c2nc(-c3cccc(-c4cccc(-c5ccc6c7ccccc7c7ccccc7c6c5)c4)c3)c3c4ccccc4n(-c4ccccc4)c3n2)cc1. The monoisotopic (exact) mass is 699 g/mol. The predicted molar refractivity (Wildman–Crippen MR) is 231 cm³/mol. The molecule has 0 fully saturated rings. The Bertz CT molecular complexity index is 3220. The number of hydrogen-bond acceptors (Lipinski definition) is 2. The zero-order chi connectivity index (χ0) is 36.3. The molecular weight excluding hydrogens is 667 g/mol. The highest BCUT2D eigenvalue weighted by atomic mass is 15.1. The van der Waals surface area contributed by atoms with Gasteiger partial charge in [-0.25, -0.2) is 9.97 Å². The second-order valence-corrected chi connectivity index (χ2v) is 14.2. The van der Waals surface area contributed by atoms with Crippen LogP contribution in [0, 0.1) is 0 Å². The number of para-hydroxylation sites is 2. The van der Waals surface area contributed by atoms with E-state index in [1.807, 2.05) is 18.2 Å². The van der Waals surface area contributed by atoms with Crippen molar-refractivity contribution < 1.29 is 0 Å². The van der Waals surface area contributed by atoms with Crippen LogP contribution in [0.5, 0.6) is 0 Å². The van der Waals surface area contributed by atoms with Crippen LogP contribution in [0.4, 0.5) is 0 Å². The van der Waals surface area contributed by atoms with Crippen molar-refractivity contribution >= 4 is 54.3 Å². The maximum atomic E-state index is 5.35. The molecule has 3 heteroatoms. The van der Waals surface area contributed by atoms with Crippen molar-refractivity contribution in [2.24, 2.45) is 0 Å². The maximum Gasteiger partial charge on any atom is 0.162 e. The van der Waals surface area contributed by atoms with Crippen molar-refractivity contribution in [3.63, 3.8) is 0 Å². The summed E-state index contributed by atoms with van der Waals surface area (Å²) in [6.07, 6.45) is 0. The Hall–Kier alpha value is -7.36. The van der Waals surface area contributed by atoms with Gasteiger partial charge >= 0.3 is 0 Å². The summed E-state index contributed by atoms with van der Waals surface area (Å²) in [6.45, 7) is 0. The molecular formula is C52H33N3. The number of nitrogens with zero attached hydrogens (tertiary/aromatic N) is 3. The van der Waals surface area contributed by atoms with Gasteiger partial charge in [-0.1, -0.05) is 164 Å². The van der Waals surface area contributed by atoms with Gasteiger partial charge in [-0.15, -0.1) is 0 Å². The molecule has 55 heavy (non-hydrogen) atoms. The lowest BCUT2D eigenvalue weighted by Crippen LogP contribution is -1.99. The molecule has 0 aliphatic carbocycles. The Labute approximate surface area is 318 Å². The summed E-state index contributed by atoms with van der Waals surface area (Å²) in [5, 5.41) is 9.87. The Morgan fingerprint density at radius 2 is 0.782 bits per heavy atom. The molecule has 0 saturated carbocycles. The van der Waals surface area contributed by atoms with E-state index in [1.165, 1.54) is 43.4 Å². The van der Waals surface area contributed by atoms with Crippen LogP contribution in [0.1, 0.15) is 0 Å². The Kier molecular flexibility index (Phi) is 7.17. The van der Waals surface area contributed by atoms with Gasteiger partial charge in [0.1, 0.15) is 5.65 Å². The highest BCUT2D eigenvalue weighted by Gasteiger charge is 2.21. The molecule has 9 aromatic carbocycles. The zero-order valence-electron chi connectivity index (χ0n) is 29.9. The van der Waals surface area contributed by atoms with E-state index in [1.54, 1.807) is 0 Å². The highest BCUT2D eigenvalue weighted by Crippen LogP contribution is 2.40. The lowest BCUT2D eigenvalue weighted by molar-refractivity contribution is 1.11. The predicted octanol–water partition coefficient (Wildman–Crippen LogP) is 13.7. The normalized spacial score (nSPS) is 11.6. The van der Waals surface area contributed by atoms with Gasteiger partial charge < -0.3 is 0 Å². The number of fused-ring (bicyclic) bond motifs is 9. The van der Waals surface area contributed by atoms with Crippen LogP contribution < -0.4 is 0 Å². The van der Waals surface area contributed by atoms with E-state index >= 15 is 0 Å². The Morgan fingerprint density at radius 3 is 1.44 bits per heavy atom. The van der Waals surface area contributed by atoms with Crippen LogP contribution in [0.15, 0.2) is 200 Å². The van der Waals surface area contributed by atoms with E-state index in [-0.39, 0.29) is 0 Å². The molecule has 0 atom stereocenters. The fraction of sp³-hybridized carbons (Fsp3) is 0. The average Bonchev–Trinajstić information content (AvgIpc) is 3.61. The van der Waals surface area contributed by atoms with Gasteiger partial charge in [0.25, 0.3) is 0 Å². The van der Waals surface area contributed by atoms with E-state index in [0.29, 0.717) is 5.82 Å². The number of hydrogen-bond donors (Lipinski definition) is 0. The fourth-order valence-electron chi connectivity index (χ4n) is 8.43. The van der Waals surface area contributed by atoms with Crippen LogP contribution in [0.25, 0.3) is 105 Å². The molecule has 0 aliphatic heterocycles. The van der Waals surface area contributed by atoms with Gasteiger partial charge in [-0.3, -0.25) is 4.57 Å². The van der Waals surface area contributed by atoms with E-state index in [4.69, 9.17) is 9.97 Å². The van der Waals surface area contributed by atoms with Gasteiger partial charge in [0, 0.05) is 22.2 Å². The smallest absolute Gasteiger partial charge is 0.162 e. The molecule has 0 radical (unpaired) electrons.